The van der Waals surface area contributed by atoms with Crippen LogP contribution in [0.5, 0.6) is 0 Å². The van der Waals surface area contributed by atoms with Crippen LogP contribution in [0.15, 0.2) is 28.6 Å². The van der Waals surface area contributed by atoms with E-state index >= 15 is 0 Å². The van der Waals surface area contributed by atoms with E-state index in [4.69, 9.17) is 4.84 Å². The number of aliphatic hydroxyl groups is 1. The number of aryl methyl sites for hydroxylation is 3. The van der Waals surface area contributed by atoms with Crippen molar-refractivity contribution in [1.82, 2.24) is 0 Å². The van der Waals surface area contributed by atoms with Crippen LogP contribution < -0.4 is 0 Å². The zero-order valence-corrected chi connectivity index (χ0v) is 15.3. The third kappa shape index (κ3) is 3.69. The van der Waals surface area contributed by atoms with Crippen molar-refractivity contribution in [3.8, 4) is 0 Å². The summed E-state index contributed by atoms with van der Waals surface area (Å²) in [6.07, 6.45) is 1.42. The molecular weight excluding hydrogens is 302 g/mol. The Morgan fingerprint density at radius 1 is 1.21 bits per heavy atom. The van der Waals surface area contributed by atoms with Crippen LogP contribution in [0.25, 0.3) is 0 Å². The Kier molecular flexibility index (Phi) is 5.81. The SMILES string of the molecule is CCO/N=C(/CC)C1=C(O)C[C@H](c2c(C)cc(C)cc2C)CC1=O. The summed E-state index contributed by atoms with van der Waals surface area (Å²) in [5, 5.41) is 14.5. The fraction of sp³-hybridized carbons (Fsp3) is 0.500. The molecule has 4 nitrogen and oxygen atoms in total. The van der Waals surface area contributed by atoms with E-state index < -0.39 is 0 Å². The Morgan fingerprint density at radius 3 is 2.33 bits per heavy atom. The average molecular weight is 329 g/mol. The molecule has 2 rings (SSSR count). The molecule has 0 radical (unpaired) electrons. The van der Waals surface area contributed by atoms with E-state index in [9.17, 15) is 9.90 Å². The lowest BCUT2D eigenvalue weighted by Crippen LogP contribution is -2.24. The summed E-state index contributed by atoms with van der Waals surface area (Å²) in [5.41, 5.74) is 5.65. The summed E-state index contributed by atoms with van der Waals surface area (Å²) in [6, 6.07) is 4.27. The number of carbonyl (C=O) groups excluding carboxylic acids is 1. The quantitative estimate of drug-likeness (QED) is 0.630. The Hall–Kier alpha value is -2.10. The third-order valence-corrected chi connectivity index (χ3v) is 4.51. The fourth-order valence-electron chi connectivity index (χ4n) is 3.69. The average Bonchev–Trinajstić information content (AvgIpc) is 2.48. The molecule has 0 unspecified atom stereocenters. The summed E-state index contributed by atoms with van der Waals surface area (Å²) in [5.74, 6) is 0.103. The van der Waals surface area contributed by atoms with Crippen molar-refractivity contribution < 1.29 is 14.7 Å². The second-order valence-electron chi connectivity index (χ2n) is 6.47. The van der Waals surface area contributed by atoms with Gasteiger partial charge in [-0.1, -0.05) is 29.8 Å². The van der Waals surface area contributed by atoms with E-state index in [1.807, 2.05) is 13.8 Å². The summed E-state index contributed by atoms with van der Waals surface area (Å²) in [7, 11) is 0. The number of oxime groups is 1. The predicted octanol–water partition coefficient (Wildman–Crippen LogP) is 4.67. The van der Waals surface area contributed by atoms with Gasteiger partial charge in [-0.25, -0.2) is 0 Å². The highest BCUT2D eigenvalue weighted by molar-refractivity contribution is 6.23. The molecule has 24 heavy (non-hydrogen) atoms. The fourth-order valence-corrected chi connectivity index (χ4v) is 3.69. The van der Waals surface area contributed by atoms with Crippen molar-refractivity contribution in [3.05, 3.63) is 45.7 Å². The molecule has 0 saturated heterocycles. The minimum Gasteiger partial charge on any atom is -0.511 e. The number of ketones is 1. The van der Waals surface area contributed by atoms with Crippen molar-refractivity contribution in [1.29, 1.82) is 0 Å². The standard InChI is InChI=1S/C20H27NO3/c1-6-16(21-24-7-2)20-17(22)10-15(11-18(20)23)19-13(4)8-12(3)9-14(19)5/h8-9,15,22H,6-7,10-11H2,1-5H3/b21-16-/t15-/m0/s1. The van der Waals surface area contributed by atoms with Gasteiger partial charge in [-0.2, -0.15) is 0 Å². The summed E-state index contributed by atoms with van der Waals surface area (Å²) < 4.78 is 0. The smallest absolute Gasteiger partial charge is 0.168 e. The minimum atomic E-state index is -0.0524. The molecule has 1 aromatic rings. The highest BCUT2D eigenvalue weighted by Crippen LogP contribution is 2.37. The molecule has 1 atom stereocenters. The number of Topliss-reactive ketones (excluding diaryl/α,β-unsaturated/α-hetero) is 1. The third-order valence-electron chi connectivity index (χ3n) is 4.51. The van der Waals surface area contributed by atoms with Gasteiger partial charge < -0.3 is 9.94 Å². The van der Waals surface area contributed by atoms with Gasteiger partial charge in [0.25, 0.3) is 0 Å². The van der Waals surface area contributed by atoms with Crippen molar-refractivity contribution >= 4 is 11.5 Å². The maximum atomic E-state index is 12.7. The largest absolute Gasteiger partial charge is 0.511 e. The Labute approximate surface area is 144 Å². The lowest BCUT2D eigenvalue weighted by molar-refractivity contribution is -0.116. The molecule has 0 amide bonds. The number of nitrogens with zero attached hydrogens (tertiary/aromatic N) is 1. The lowest BCUT2D eigenvalue weighted by Gasteiger charge is -2.27. The van der Waals surface area contributed by atoms with Gasteiger partial charge in [0.05, 0.1) is 11.3 Å². The van der Waals surface area contributed by atoms with Crippen LogP contribution in [0, 0.1) is 20.8 Å². The van der Waals surface area contributed by atoms with Crippen LogP contribution in [-0.2, 0) is 9.63 Å². The van der Waals surface area contributed by atoms with E-state index in [2.05, 4.69) is 38.1 Å². The van der Waals surface area contributed by atoms with Gasteiger partial charge >= 0.3 is 0 Å². The van der Waals surface area contributed by atoms with Gasteiger partial charge in [0.1, 0.15) is 12.4 Å². The van der Waals surface area contributed by atoms with Crippen LogP contribution in [0.1, 0.15) is 61.3 Å². The molecule has 0 fully saturated rings. The zero-order chi connectivity index (χ0) is 17.9. The number of carbonyl (C=O) groups is 1. The summed E-state index contributed by atoms with van der Waals surface area (Å²) in [6.45, 7) is 10.4. The van der Waals surface area contributed by atoms with Gasteiger partial charge in [-0.05, 0) is 56.7 Å². The first-order valence-electron chi connectivity index (χ1n) is 8.61. The van der Waals surface area contributed by atoms with E-state index in [1.54, 1.807) is 0 Å². The maximum Gasteiger partial charge on any atom is 0.168 e. The van der Waals surface area contributed by atoms with E-state index in [0.29, 0.717) is 37.2 Å². The van der Waals surface area contributed by atoms with Gasteiger partial charge in [0.15, 0.2) is 5.78 Å². The molecule has 4 heteroatoms. The number of hydrogen-bond acceptors (Lipinski definition) is 4. The summed E-state index contributed by atoms with van der Waals surface area (Å²) >= 11 is 0. The number of allylic oxidation sites excluding steroid dienone is 2. The molecule has 0 aliphatic heterocycles. The minimum absolute atomic E-state index is 0.0204. The molecule has 0 saturated carbocycles. The van der Waals surface area contributed by atoms with Crippen molar-refractivity contribution in [2.24, 2.45) is 5.16 Å². The molecule has 1 aliphatic carbocycles. The molecular formula is C20H27NO3. The van der Waals surface area contributed by atoms with Gasteiger partial charge in [-0.3, -0.25) is 4.79 Å². The van der Waals surface area contributed by atoms with Gasteiger partial charge in [-0.15, -0.1) is 0 Å². The van der Waals surface area contributed by atoms with E-state index in [0.717, 1.165) is 0 Å². The Balaban J connectivity index is 2.38. The highest BCUT2D eigenvalue weighted by atomic mass is 16.6. The van der Waals surface area contributed by atoms with Crippen LogP contribution >= 0.6 is 0 Å². The van der Waals surface area contributed by atoms with Crippen LogP contribution in [0.4, 0.5) is 0 Å². The molecule has 1 N–H and O–H groups in total. The number of aliphatic hydroxyl groups excluding tert-OH is 1. The molecule has 1 aromatic carbocycles. The lowest BCUT2D eigenvalue weighted by atomic mass is 9.78. The topological polar surface area (TPSA) is 58.9 Å². The zero-order valence-electron chi connectivity index (χ0n) is 15.3. The maximum absolute atomic E-state index is 12.7. The molecule has 130 valence electrons. The molecule has 0 bridgehead atoms. The highest BCUT2D eigenvalue weighted by Gasteiger charge is 2.32. The van der Waals surface area contributed by atoms with Crippen molar-refractivity contribution in [2.75, 3.05) is 6.61 Å². The first-order valence-corrected chi connectivity index (χ1v) is 8.61. The van der Waals surface area contributed by atoms with Gasteiger partial charge in [0, 0.05) is 12.8 Å². The molecule has 0 spiro atoms. The Bertz CT molecular complexity index is 678. The number of benzene rings is 1. The molecule has 0 heterocycles. The summed E-state index contributed by atoms with van der Waals surface area (Å²) in [4.78, 5) is 17.8. The molecule has 1 aliphatic rings. The first kappa shape index (κ1) is 18.2. The van der Waals surface area contributed by atoms with Crippen LogP contribution in [0.2, 0.25) is 0 Å². The number of rotatable bonds is 5. The molecule has 0 aromatic heterocycles. The monoisotopic (exact) mass is 329 g/mol. The van der Waals surface area contributed by atoms with E-state index in [1.165, 1.54) is 22.3 Å². The second kappa shape index (κ2) is 7.65. The van der Waals surface area contributed by atoms with Gasteiger partial charge in [0.2, 0.25) is 0 Å². The van der Waals surface area contributed by atoms with Crippen molar-refractivity contribution in [2.45, 2.75) is 59.8 Å². The Morgan fingerprint density at radius 2 is 1.83 bits per heavy atom. The van der Waals surface area contributed by atoms with Crippen LogP contribution in [0.3, 0.4) is 0 Å². The van der Waals surface area contributed by atoms with Crippen molar-refractivity contribution in [3.63, 3.8) is 0 Å². The second-order valence-corrected chi connectivity index (χ2v) is 6.47. The predicted molar refractivity (Wildman–Crippen MR) is 96.6 cm³/mol. The normalized spacial score (nSPS) is 19.0. The van der Waals surface area contributed by atoms with Crippen LogP contribution in [-0.4, -0.2) is 23.2 Å². The number of hydrogen-bond donors (Lipinski definition) is 1. The van der Waals surface area contributed by atoms with E-state index in [-0.39, 0.29) is 17.5 Å². The first-order chi connectivity index (χ1) is 11.4.